The second-order valence-electron chi connectivity index (χ2n) is 15.3. The number of rotatable bonds is 8. The first-order chi connectivity index (χ1) is 29.7. The van der Waals surface area contributed by atoms with E-state index in [9.17, 15) is 0 Å². The van der Waals surface area contributed by atoms with E-state index in [1.54, 1.807) is 0 Å². The summed E-state index contributed by atoms with van der Waals surface area (Å²) in [6.07, 6.45) is 0. The molecular formula is C58H39NO. The number of benzene rings is 10. The van der Waals surface area contributed by atoms with E-state index >= 15 is 0 Å². The van der Waals surface area contributed by atoms with Gasteiger partial charge in [-0.1, -0.05) is 182 Å². The topological polar surface area (TPSA) is 16.4 Å². The summed E-state index contributed by atoms with van der Waals surface area (Å²) < 4.78 is 6.27. The molecule has 60 heavy (non-hydrogen) atoms. The third kappa shape index (κ3) is 6.41. The molecule has 282 valence electrons. The van der Waals surface area contributed by atoms with Gasteiger partial charge in [-0.2, -0.15) is 0 Å². The fraction of sp³-hybridized carbons (Fsp3) is 0. The highest BCUT2D eigenvalue weighted by atomic mass is 16.3. The summed E-state index contributed by atoms with van der Waals surface area (Å²) in [7, 11) is 0. The number of hydrogen-bond donors (Lipinski definition) is 0. The molecule has 1 heterocycles. The largest absolute Gasteiger partial charge is 0.456 e. The van der Waals surface area contributed by atoms with Crippen molar-refractivity contribution in [3.05, 3.63) is 237 Å². The average molecular weight is 766 g/mol. The number of nitrogens with zero attached hydrogens (tertiary/aromatic N) is 1. The van der Waals surface area contributed by atoms with Gasteiger partial charge in [-0.3, -0.25) is 0 Å². The third-order valence-corrected chi connectivity index (χ3v) is 11.7. The van der Waals surface area contributed by atoms with Crippen molar-refractivity contribution in [1.29, 1.82) is 0 Å². The summed E-state index contributed by atoms with van der Waals surface area (Å²) in [6.45, 7) is 0. The van der Waals surface area contributed by atoms with Crippen molar-refractivity contribution in [2.45, 2.75) is 0 Å². The standard InChI is InChI=1S/C58H39NO/c1-2-16-41(17-3-1)49-21-6-8-23-51(49)53-25-10-11-26-54(53)52-24-9-7-22-50(52)42-31-33-46(34-32-42)59(48-35-36-58-56(39-48)55-27-12-13-28-57(55)60-58)47-20-14-19-44(38-47)45-30-29-40-15-4-5-18-43(40)37-45/h1-39H. The number of fused-ring (bicyclic) bond motifs is 4. The molecule has 0 saturated carbocycles. The minimum Gasteiger partial charge on any atom is -0.456 e. The van der Waals surface area contributed by atoms with E-state index in [1.165, 1.54) is 55.3 Å². The molecule has 11 aromatic rings. The summed E-state index contributed by atoms with van der Waals surface area (Å²) in [4.78, 5) is 2.36. The van der Waals surface area contributed by atoms with Gasteiger partial charge in [0.2, 0.25) is 0 Å². The number of para-hydroxylation sites is 1. The molecule has 0 aliphatic carbocycles. The highest BCUT2D eigenvalue weighted by Gasteiger charge is 2.19. The second kappa shape index (κ2) is 15.1. The van der Waals surface area contributed by atoms with Crippen molar-refractivity contribution < 1.29 is 4.42 Å². The Balaban J connectivity index is 1.02. The zero-order chi connectivity index (χ0) is 39.8. The number of hydrogen-bond acceptors (Lipinski definition) is 2. The maximum absolute atomic E-state index is 6.27. The molecule has 2 nitrogen and oxygen atoms in total. The van der Waals surface area contributed by atoms with Crippen LogP contribution in [0, 0.1) is 0 Å². The first kappa shape index (κ1) is 35.2. The van der Waals surface area contributed by atoms with Crippen LogP contribution in [0.5, 0.6) is 0 Å². The lowest BCUT2D eigenvalue weighted by molar-refractivity contribution is 0.669. The predicted octanol–water partition coefficient (Wildman–Crippen LogP) is 16.5. The lowest BCUT2D eigenvalue weighted by atomic mass is 9.87. The van der Waals surface area contributed by atoms with Crippen molar-refractivity contribution in [3.8, 4) is 55.6 Å². The normalized spacial score (nSPS) is 11.3. The van der Waals surface area contributed by atoms with Crippen LogP contribution in [0.3, 0.4) is 0 Å². The van der Waals surface area contributed by atoms with Crippen LogP contribution in [0.4, 0.5) is 17.1 Å². The Morgan fingerprint density at radius 2 is 0.733 bits per heavy atom. The van der Waals surface area contributed by atoms with E-state index in [-0.39, 0.29) is 0 Å². The Labute approximate surface area is 349 Å². The van der Waals surface area contributed by atoms with Crippen LogP contribution in [0.25, 0.3) is 88.3 Å². The molecule has 0 atom stereocenters. The van der Waals surface area contributed by atoms with E-state index in [0.717, 1.165) is 50.1 Å². The van der Waals surface area contributed by atoms with Crippen LogP contribution in [0.15, 0.2) is 241 Å². The van der Waals surface area contributed by atoms with Crippen LogP contribution in [-0.4, -0.2) is 0 Å². The minimum absolute atomic E-state index is 0.878. The van der Waals surface area contributed by atoms with Gasteiger partial charge in [-0.15, -0.1) is 0 Å². The Morgan fingerprint density at radius 3 is 1.45 bits per heavy atom. The molecule has 0 fully saturated rings. The molecule has 10 aromatic carbocycles. The molecule has 0 aliphatic rings. The number of anilines is 3. The van der Waals surface area contributed by atoms with Crippen LogP contribution in [0.2, 0.25) is 0 Å². The quantitative estimate of drug-likeness (QED) is 0.153. The molecule has 11 rings (SSSR count). The van der Waals surface area contributed by atoms with E-state index in [2.05, 4.69) is 229 Å². The molecule has 0 spiro atoms. The van der Waals surface area contributed by atoms with Gasteiger partial charge in [0, 0.05) is 27.8 Å². The smallest absolute Gasteiger partial charge is 0.135 e. The number of furan rings is 1. The van der Waals surface area contributed by atoms with Gasteiger partial charge in [-0.25, -0.2) is 0 Å². The minimum atomic E-state index is 0.878. The zero-order valence-electron chi connectivity index (χ0n) is 32.9. The lowest BCUT2D eigenvalue weighted by Crippen LogP contribution is -2.10. The second-order valence-corrected chi connectivity index (χ2v) is 15.3. The molecule has 1 aromatic heterocycles. The Bertz CT molecular complexity index is 3320. The van der Waals surface area contributed by atoms with Gasteiger partial charge in [0.05, 0.1) is 0 Å². The SMILES string of the molecule is c1ccc(-c2ccccc2-c2ccccc2-c2ccccc2-c2ccc(N(c3cccc(-c4ccc5ccccc5c4)c3)c3ccc4oc5ccccc5c4c3)cc2)cc1. The van der Waals surface area contributed by atoms with Crippen molar-refractivity contribution in [3.63, 3.8) is 0 Å². The van der Waals surface area contributed by atoms with E-state index in [4.69, 9.17) is 4.42 Å². The van der Waals surface area contributed by atoms with Crippen LogP contribution in [-0.2, 0) is 0 Å². The van der Waals surface area contributed by atoms with Crippen molar-refractivity contribution in [1.82, 2.24) is 0 Å². The summed E-state index contributed by atoms with van der Waals surface area (Å²) in [5, 5.41) is 4.67. The maximum Gasteiger partial charge on any atom is 0.135 e. The van der Waals surface area contributed by atoms with Gasteiger partial charge in [0.15, 0.2) is 0 Å². The molecule has 2 heteroatoms. The van der Waals surface area contributed by atoms with Crippen LogP contribution in [0.1, 0.15) is 0 Å². The first-order valence-electron chi connectivity index (χ1n) is 20.5. The Morgan fingerprint density at radius 1 is 0.250 bits per heavy atom. The molecule has 0 saturated heterocycles. The third-order valence-electron chi connectivity index (χ3n) is 11.7. The first-order valence-corrected chi connectivity index (χ1v) is 20.5. The van der Waals surface area contributed by atoms with E-state index < -0.39 is 0 Å². The summed E-state index contributed by atoms with van der Waals surface area (Å²) >= 11 is 0. The van der Waals surface area contributed by atoms with Crippen molar-refractivity contribution in [2.75, 3.05) is 4.90 Å². The summed E-state index contributed by atoms with van der Waals surface area (Å²) in [6, 6.07) is 85.0. The summed E-state index contributed by atoms with van der Waals surface area (Å²) in [5.41, 5.74) is 16.9. The molecule has 0 amide bonds. The molecule has 0 radical (unpaired) electrons. The Kier molecular flexibility index (Phi) is 8.87. The maximum atomic E-state index is 6.27. The molecule has 0 bridgehead atoms. The van der Waals surface area contributed by atoms with Gasteiger partial charge in [0.1, 0.15) is 11.2 Å². The van der Waals surface area contributed by atoms with Gasteiger partial charge in [0.25, 0.3) is 0 Å². The molecule has 0 N–H and O–H groups in total. The fourth-order valence-corrected chi connectivity index (χ4v) is 8.79. The van der Waals surface area contributed by atoms with E-state index in [0.29, 0.717) is 0 Å². The van der Waals surface area contributed by atoms with Gasteiger partial charge in [-0.05, 0) is 121 Å². The van der Waals surface area contributed by atoms with E-state index in [1.807, 2.05) is 12.1 Å². The summed E-state index contributed by atoms with van der Waals surface area (Å²) in [5.74, 6) is 0. The highest BCUT2D eigenvalue weighted by molar-refractivity contribution is 6.06. The fourth-order valence-electron chi connectivity index (χ4n) is 8.79. The average Bonchev–Trinajstić information content (AvgIpc) is 3.70. The van der Waals surface area contributed by atoms with Crippen LogP contribution < -0.4 is 4.90 Å². The predicted molar refractivity (Wildman–Crippen MR) is 253 cm³/mol. The molecule has 0 unspecified atom stereocenters. The van der Waals surface area contributed by atoms with Crippen LogP contribution >= 0.6 is 0 Å². The highest BCUT2D eigenvalue weighted by Crippen LogP contribution is 2.44. The van der Waals surface area contributed by atoms with Crippen molar-refractivity contribution >= 4 is 49.8 Å². The molecular weight excluding hydrogens is 727 g/mol. The zero-order valence-corrected chi connectivity index (χ0v) is 32.9. The molecule has 0 aliphatic heterocycles. The van der Waals surface area contributed by atoms with Gasteiger partial charge >= 0.3 is 0 Å². The van der Waals surface area contributed by atoms with Crippen molar-refractivity contribution in [2.24, 2.45) is 0 Å². The Hall–Kier alpha value is -7.94. The lowest BCUT2D eigenvalue weighted by Gasteiger charge is -2.26. The van der Waals surface area contributed by atoms with Gasteiger partial charge < -0.3 is 9.32 Å². The monoisotopic (exact) mass is 765 g/mol.